The molecule has 0 aromatic rings. The van der Waals surface area contributed by atoms with Crippen molar-refractivity contribution in [2.24, 2.45) is 0 Å². The van der Waals surface area contributed by atoms with E-state index in [1.165, 1.54) is 6.92 Å². The van der Waals surface area contributed by atoms with Gasteiger partial charge in [0.1, 0.15) is 0 Å². The number of carbonyl (C=O) groups is 1. The molecule has 0 heterocycles. The maximum absolute atomic E-state index is 10.7. The van der Waals surface area contributed by atoms with E-state index < -0.39 is 20.0 Å². The van der Waals surface area contributed by atoms with Crippen molar-refractivity contribution < 1.29 is 19.2 Å². The van der Waals surface area contributed by atoms with E-state index in [4.69, 9.17) is 5.11 Å². The number of aliphatic hydroxyl groups excluding tert-OH is 1. The van der Waals surface area contributed by atoms with Gasteiger partial charge in [0.15, 0.2) is 0 Å². The van der Waals surface area contributed by atoms with Crippen LogP contribution in [0.15, 0.2) is 12.2 Å². The van der Waals surface area contributed by atoms with Crippen LogP contribution in [0.1, 0.15) is 6.92 Å². The summed E-state index contributed by atoms with van der Waals surface area (Å²) in [4.78, 5) is 10.7. The molecule has 0 aliphatic rings. The molecule has 0 aliphatic carbocycles. The molecule has 0 radical (unpaired) electrons. The molecule has 0 spiro atoms. The molecule has 5 heteroatoms. The van der Waals surface area contributed by atoms with E-state index in [0.717, 1.165) is 0 Å². The van der Waals surface area contributed by atoms with Crippen molar-refractivity contribution in [1.82, 2.24) is 0 Å². The van der Waals surface area contributed by atoms with Crippen LogP contribution in [0, 0.1) is 5.63 Å². The van der Waals surface area contributed by atoms with E-state index >= 15 is 0 Å². The number of aliphatic hydroxyl groups is 1. The zero-order chi connectivity index (χ0) is 9.56. The summed E-state index contributed by atoms with van der Waals surface area (Å²) in [5.41, 5.74) is 2.36. The van der Waals surface area contributed by atoms with Gasteiger partial charge in [0.05, 0.1) is 0 Å². The Hall–Kier alpha value is -0.820. The van der Waals surface area contributed by atoms with Crippen molar-refractivity contribution in [1.29, 1.82) is 0 Å². The SMILES string of the molecule is C=C(C)C(=O)OCC(O)C#P=O. The summed E-state index contributed by atoms with van der Waals surface area (Å²) in [5, 5.41) is 8.85. The third-order valence-electron chi connectivity index (χ3n) is 0.922. The van der Waals surface area contributed by atoms with Crippen molar-refractivity contribution in [3.63, 3.8) is 0 Å². The second-order valence-electron chi connectivity index (χ2n) is 2.11. The summed E-state index contributed by atoms with van der Waals surface area (Å²) in [6.07, 6.45) is -1.12. The van der Waals surface area contributed by atoms with Gasteiger partial charge >= 0.3 is 70.5 Å². The fourth-order valence-electron chi connectivity index (χ4n) is 0.376. The van der Waals surface area contributed by atoms with Crippen LogP contribution in [0.5, 0.6) is 0 Å². The number of hydrogen-bond donors (Lipinski definition) is 1. The normalized spacial score (nSPS) is 11.2. The Bertz CT molecular complexity index is 277. The van der Waals surface area contributed by atoms with Crippen LogP contribution < -0.4 is 0 Å². The van der Waals surface area contributed by atoms with Crippen LogP contribution in [0.4, 0.5) is 0 Å². The molecule has 0 bridgehead atoms. The van der Waals surface area contributed by atoms with Crippen LogP contribution in [0.3, 0.4) is 0 Å². The van der Waals surface area contributed by atoms with E-state index in [-0.39, 0.29) is 12.2 Å². The molecule has 4 nitrogen and oxygen atoms in total. The average molecular weight is 188 g/mol. The van der Waals surface area contributed by atoms with Gasteiger partial charge in [0.2, 0.25) is 0 Å². The monoisotopic (exact) mass is 188 g/mol. The molecule has 66 valence electrons. The van der Waals surface area contributed by atoms with Gasteiger partial charge in [-0.05, 0) is 0 Å². The molecule has 0 aromatic heterocycles. The predicted molar refractivity (Wildman–Crippen MR) is 43.3 cm³/mol. The third kappa shape index (κ3) is 4.91. The topological polar surface area (TPSA) is 63.6 Å². The van der Waals surface area contributed by atoms with Gasteiger partial charge in [-0.1, -0.05) is 0 Å². The standard InChI is InChI=1S/C7H9O4P/c1-5(2)7(9)11-3-6(8)4-12-10/h6,8H,1,3H2,2H3. The van der Waals surface area contributed by atoms with Gasteiger partial charge in [0.25, 0.3) is 0 Å². The third-order valence-corrected chi connectivity index (χ3v) is 1.33. The summed E-state index contributed by atoms with van der Waals surface area (Å²) in [6, 6.07) is 0. The van der Waals surface area contributed by atoms with E-state index in [1.807, 2.05) is 0 Å². The first-order valence-electron chi connectivity index (χ1n) is 3.16. The average Bonchev–Trinajstić information content (AvgIpc) is 2.00. The predicted octanol–water partition coefficient (Wildman–Crippen LogP) is 0.718. The minimum atomic E-state index is -1.12. The summed E-state index contributed by atoms with van der Waals surface area (Å²) in [7, 11) is -0.411. The van der Waals surface area contributed by atoms with Crippen LogP contribution in [-0.2, 0) is 14.1 Å². The Morgan fingerprint density at radius 2 is 2.42 bits per heavy atom. The molecule has 0 aliphatic heterocycles. The Kier molecular flexibility index (Phi) is 5.39. The van der Waals surface area contributed by atoms with Gasteiger partial charge in [-0.15, -0.1) is 0 Å². The number of carbonyl (C=O) groups excluding carboxylic acids is 1. The molecule has 0 aromatic carbocycles. The number of ether oxygens (including phenoxy) is 1. The zero-order valence-electron chi connectivity index (χ0n) is 6.61. The Morgan fingerprint density at radius 1 is 1.83 bits per heavy atom. The van der Waals surface area contributed by atoms with Gasteiger partial charge < -0.3 is 0 Å². The molecule has 0 amide bonds. The minimum absolute atomic E-state index is 0.249. The Morgan fingerprint density at radius 3 is 2.83 bits per heavy atom. The first-order valence-corrected chi connectivity index (χ1v) is 3.97. The molecule has 1 atom stereocenters. The molecule has 0 saturated heterocycles. The second kappa shape index (κ2) is 5.78. The van der Waals surface area contributed by atoms with Crippen molar-refractivity contribution in [2.75, 3.05) is 6.61 Å². The van der Waals surface area contributed by atoms with Crippen molar-refractivity contribution >= 4 is 13.9 Å². The van der Waals surface area contributed by atoms with Crippen molar-refractivity contribution in [2.45, 2.75) is 13.0 Å². The summed E-state index contributed by atoms with van der Waals surface area (Å²) >= 11 is 0. The maximum atomic E-state index is 10.7. The first-order chi connectivity index (χ1) is 5.57. The van der Waals surface area contributed by atoms with Gasteiger partial charge in [0, 0.05) is 0 Å². The molecule has 0 rings (SSSR count). The molecular formula is C7H9O4P. The van der Waals surface area contributed by atoms with E-state index in [2.05, 4.69) is 16.9 Å². The summed E-state index contributed by atoms with van der Waals surface area (Å²) < 4.78 is 14.4. The Labute approximate surface area is 71.3 Å². The summed E-state index contributed by atoms with van der Waals surface area (Å²) in [5.74, 6) is -0.585. The first kappa shape index (κ1) is 11.2. The van der Waals surface area contributed by atoms with Gasteiger partial charge in [-0.25, -0.2) is 0 Å². The summed E-state index contributed by atoms with van der Waals surface area (Å²) in [6.45, 7) is 4.58. The van der Waals surface area contributed by atoms with Crippen LogP contribution >= 0.6 is 7.92 Å². The van der Waals surface area contributed by atoms with Gasteiger partial charge in [-0.3, -0.25) is 0 Å². The van der Waals surface area contributed by atoms with Crippen LogP contribution in [-0.4, -0.2) is 23.8 Å². The van der Waals surface area contributed by atoms with Crippen LogP contribution in [0.2, 0.25) is 0 Å². The van der Waals surface area contributed by atoms with E-state index in [0.29, 0.717) is 0 Å². The van der Waals surface area contributed by atoms with Crippen molar-refractivity contribution in [3.05, 3.63) is 12.2 Å². The van der Waals surface area contributed by atoms with Crippen LogP contribution in [0.25, 0.3) is 0 Å². The number of hydrogen-bond acceptors (Lipinski definition) is 4. The van der Waals surface area contributed by atoms with Crippen molar-refractivity contribution in [3.8, 4) is 5.63 Å². The number of esters is 1. The van der Waals surface area contributed by atoms with Gasteiger partial charge in [-0.2, -0.15) is 0 Å². The molecule has 1 unspecified atom stereocenters. The number of rotatable bonds is 3. The quantitative estimate of drug-likeness (QED) is 0.402. The molecule has 0 fully saturated rings. The molecular weight excluding hydrogens is 179 g/mol. The molecule has 12 heavy (non-hydrogen) atoms. The zero-order valence-corrected chi connectivity index (χ0v) is 7.51. The fraction of sp³-hybridized carbons (Fsp3) is 0.429. The van der Waals surface area contributed by atoms with E-state index in [9.17, 15) is 9.36 Å². The fourth-order valence-corrected chi connectivity index (χ4v) is 0.572. The molecule has 0 saturated carbocycles. The molecule has 1 N–H and O–H groups in total. The Balaban J connectivity index is 3.81. The van der Waals surface area contributed by atoms with E-state index in [1.54, 1.807) is 0 Å². The second-order valence-corrected chi connectivity index (χ2v) is 2.56.